The van der Waals surface area contributed by atoms with Gasteiger partial charge in [-0.3, -0.25) is 0 Å². The lowest BCUT2D eigenvalue weighted by Gasteiger charge is -2.11. The molecule has 7 heteroatoms. The fourth-order valence-electron chi connectivity index (χ4n) is 2.61. The van der Waals surface area contributed by atoms with E-state index in [1.165, 1.54) is 13.2 Å². The first-order valence-corrected chi connectivity index (χ1v) is 9.64. The second-order valence-electron chi connectivity index (χ2n) is 6.02. The van der Waals surface area contributed by atoms with Crippen LogP contribution in [0.3, 0.4) is 0 Å². The lowest BCUT2D eigenvalue weighted by Crippen LogP contribution is -2.18. The number of benzene rings is 3. The lowest BCUT2D eigenvalue weighted by molar-refractivity contribution is -0.136. The smallest absolute Gasteiger partial charge is 0.349 e. The van der Waals surface area contributed by atoms with Gasteiger partial charge in [-0.2, -0.15) is 0 Å². The average Bonchev–Trinajstić information content (AvgIpc) is 2.74. The summed E-state index contributed by atoms with van der Waals surface area (Å²) >= 11 is 3.51. The fourth-order valence-corrected chi connectivity index (χ4v) is 3.22. The number of rotatable bonds is 8. The zero-order chi connectivity index (χ0) is 20.6. The maximum Gasteiger partial charge on any atom is 0.349 e. The van der Waals surface area contributed by atoms with E-state index in [0.29, 0.717) is 12.4 Å². The van der Waals surface area contributed by atoms with Crippen molar-refractivity contribution in [2.24, 2.45) is 0 Å². The third-order valence-corrected chi connectivity index (χ3v) is 4.81. The second kappa shape index (κ2) is 10.0. The zero-order valence-corrected chi connectivity index (χ0v) is 17.3. The van der Waals surface area contributed by atoms with Crippen LogP contribution in [0.2, 0.25) is 0 Å². The van der Waals surface area contributed by atoms with Gasteiger partial charge in [0.15, 0.2) is 6.61 Å². The van der Waals surface area contributed by atoms with Gasteiger partial charge >= 0.3 is 11.9 Å². The Kier molecular flexibility index (Phi) is 7.21. The molecule has 0 unspecified atom stereocenters. The molecule has 3 aromatic carbocycles. The molecule has 0 saturated carbocycles. The molecule has 0 radical (unpaired) electrons. The highest BCUT2D eigenvalue weighted by Gasteiger charge is 2.12. The molecule has 0 aliphatic carbocycles. The number of carbonyl (C=O) groups excluding carboxylic acids is 2. The Balaban J connectivity index is 1.59. The fraction of sp³-hybridized carbons (Fsp3) is 0.182. The molecule has 0 amide bonds. The largest absolute Gasteiger partial charge is 0.481 e. The van der Waals surface area contributed by atoms with E-state index >= 15 is 0 Å². The van der Waals surface area contributed by atoms with Gasteiger partial charge < -0.3 is 18.9 Å². The van der Waals surface area contributed by atoms with Crippen molar-refractivity contribution < 1.29 is 28.5 Å². The summed E-state index contributed by atoms with van der Waals surface area (Å²) in [5.41, 5.74) is 0.282. The molecule has 0 fully saturated rings. The molecule has 0 aliphatic rings. The van der Waals surface area contributed by atoms with Gasteiger partial charge in [0.05, 0.1) is 16.6 Å². The van der Waals surface area contributed by atoms with E-state index in [1.54, 1.807) is 24.3 Å². The highest BCUT2D eigenvalue weighted by Crippen LogP contribution is 2.33. The maximum absolute atomic E-state index is 12.2. The number of halogens is 1. The summed E-state index contributed by atoms with van der Waals surface area (Å²) in [7, 11) is 1.52. The molecule has 0 bridgehead atoms. The summed E-state index contributed by atoms with van der Waals surface area (Å²) < 4.78 is 21.5. The number of methoxy groups -OCH3 is 1. The van der Waals surface area contributed by atoms with Gasteiger partial charge in [0.2, 0.25) is 0 Å². The van der Waals surface area contributed by atoms with Gasteiger partial charge in [0.1, 0.15) is 18.1 Å². The molecular weight excluding hydrogens is 440 g/mol. The molecule has 29 heavy (non-hydrogen) atoms. The minimum atomic E-state index is -0.588. The molecule has 0 N–H and O–H groups in total. The van der Waals surface area contributed by atoms with E-state index in [-0.39, 0.29) is 24.5 Å². The Morgan fingerprint density at radius 3 is 2.62 bits per heavy atom. The molecule has 0 spiro atoms. The molecule has 0 heterocycles. The first-order chi connectivity index (χ1) is 14.1. The SMILES string of the molecule is COCCOC(=O)c1cccc(OC(=O)COc2ccc3ccccc3c2Br)c1. The number of fused-ring (bicyclic) bond motifs is 1. The third-order valence-electron chi connectivity index (χ3n) is 4.00. The van der Waals surface area contributed by atoms with Crippen molar-refractivity contribution in [1.29, 1.82) is 0 Å². The summed E-state index contributed by atoms with van der Waals surface area (Å²) in [6.07, 6.45) is 0. The maximum atomic E-state index is 12.2. The summed E-state index contributed by atoms with van der Waals surface area (Å²) in [5.74, 6) is -0.334. The van der Waals surface area contributed by atoms with Crippen molar-refractivity contribution in [2.75, 3.05) is 26.9 Å². The summed E-state index contributed by atoms with van der Waals surface area (Å²) in [5, 5.41) is 2.04. The molecule has 3 aromatic rings. The van der Waals surface area contributed by atoms with Crippen molar-refractivity contribution in [2.45, 2.75) is 0 Å². The van der Waals surface area contributed by atoms with Gasteiger partial charge in [0.25, 0.3) is 0 Å². The number of hydrogen-bond acceptors (Lipinski definition) is 6. The van der Waals surface area contributed by atoms with Crippen LogP contribution in [-0.2, 0) is 14.3 Å². The minimum absolute atomic E-state index is 0.147. The van der Waals surface area contributed by atoms with Gasteiger partial charge in [0, 0.05) is 7.11 Å². The molecule has 0 atom stereocenters. The van der Waals surface area contributed by atoms with Crippen LogP contribution in [0.5, 0.6) is 11.5 Å². The van der Waals surface area contributed by atoms with E-state index < -0.39 is 11.9 Å². The van der Waals surface area contributed by atoms with Gasteiger partial charge in [-0.25, -0.2) is 9.59 Å². The molecule has 150 valence electrons. The topological polar surface area (TPSA) is 71.1 Å². The van der Waals surface area contributed by atoms with E-state index in [2.05, 4.69) is 15.9 Å². The zero-order valence-electron chi connectivity index (χ0n) is 15.7. The van der Waals surface area contributed by atoms with Crippen LogP contribution < -0.4 is 9.47 Å². The van der Waals surface area contributed by atoms with Crippen molar-refractivity contribution in [3.8, 4) is 11.5 Å². The van der Waals surface area contributed by atoms with Crippen molar-refractivity contribution in [3.05, 3.63) is 70.7 Å². The number of hydrogen-bond donors (Lipinski definition) is 0. The van der Waals surface area contributed by atoms with Gasteiger partial charge in [-0.05, 0) is 51.0 Å². The molecular formula is C22H19BrO6. The monoisotopic (exact) mass is 458 g/mol. The first-order valence-electron chi connectivity index (χ1n) is 8.85. The third kappa shape index (κ3) is 5.56. The Bertz CT molecular complexity index is 1020. The predicted octanol–water partition coefficient (Wildman–Crippen LogP) is 4.39. The van der Waals surface area contributed by atoms with Crippen molar-refractivity contribution >= 4 is 38.6 Å². The first kappa shape index (κ1) is 20.8. The summed E-state index contributed by atoms with van der Waals surface area (Å²) in [6, 6.07) is 17.7. The van der Waals surface area contributed by atoms with Crippen LogP contribution >= 0.6 is 15.9 Å². The highest BCUT2D eigenvalue weighted by atomic mass is 79.9. The Labute approximate surface area is 176 Å². The number of esters is 2. The van der Waals surface area contributed by atoms with Crippen LogP contribution in [0, 0.1) is 0 Å². The van der Waals surface area contributed by atoms with Crippen LogP contribution in [0.15, 0.2) is 65.1 Å². The van der Waals surface area contributed by atoms with Crippen LogP contribution in [0.25, 0.3) is 10.8 Å². The second-order valence-corrected chi connectivity index (χ2v) is 6.81. The van der Waals surface area contributed by atoms with Gasteiger partial charge in [-0.15, -0.1) is 0 Å². The van der Waals surface area contributed by atoms with E-state index in [0.717, 1.165) is 15.2 Å². The Hall–Kier alpha value is -2.90. The quantitative estimate of drug-likeness (QED) is 0.283. The van der Waals surface area contributed by atoms with E-state index in [1.807, 2.05) is 30.3 Å². The molecule has 6 nitrogen and oxygen atoms in total. The molecule has 0 aromatic heterocycles. The van der Waals surface area contributed by atoms with Crippen molar-refractivity contribution in [3.63, 3.8) is 0 Å². The average molecular weight is 459 g/mol. The van der Waals surface area contributed by atoms with Crippen LogP contribution in [-0.4, -0.2) is 38.9 Å². The van der Waals surface area contributed by atoms with E-state index in [4.69, 9.17) is 18.9 Å². The number of carbonyl (C=O) groups is 2. The molecule has 0 saturated heterocycles. The van der Waals surface area contributed by atoms with Gasteiger partial charge in [-0.1, -0.05) is 36.4 Å². The number of ether oxygens (including phenoxy) is 4. The van der Waals surface area contributed by atoms with Crippen LogP contribution in [0.1, 0.15) is 10.4 Å². The Morgan fingerprint density at radius 2 is 1.79 bits per heavy atom. The predicted molar refractivity (Wildman–Crippen MR) is 111 cm³/mol. The highest BCUT2D eigenvalue weighted by molar-refractivity contribution is 9.10. The normalized spacial score (nSPS) is 10.6. The molecule has 0 aliphatic heterocycles. The van der Waals surface area contributed by atoms with E-state index in [9.17, 15) is 9.59 Å². The Morgan fingerprint density at radius 1 is 0.966 bits per heavy atom. The standard InChI is InChI=1S/C22H19BrO6/c1-26-11-12-27-22(25)16-6-4-7-17(13-16)29-20(24)14-28-19-10-9-15-5-2-3-8-18(15)21(19)23/h2-10,13H,11-12,14H2,1H3. The minimum Gasteiger partial charge on any atom is -0.481 e. The summed E-state index contributed by atoms with van der Waals surface area (Å²) in [4.78, 5) is 24.1. The van der Waals surface area contributed by atoms with Crippen molar-refractivity contribution in [1.82, 2.24) is 0 Å². The van der Waals surface area contributed by atoms with Crippen LogP contribution in [0.4, 0.5) is 0 Å². The summed E-state index contributed by atoms with van der Waals surface area (Å²) in [6.45, 7) is 0.176. The molecule has 3 rings (SSSR count). The lowest BCUT2D eigenvalue weighted by atomic mass is 10.1.